The number of rotatable bonds is 1. The first-order valence-corrected chi connectivity index (χ1v) is 8.08. The summed E-state index contributed by atoms with van der Waals surface area (Å²) in [5, 5.41) is 37.8. The minimum atomic E-state index is -1.41. The van der Waals surface area contributed by atoms with Crippen molar-refractivity contribution in [3.05, 3.63) is 40.4 Å². The van der Waals surface area contributed by atoms with Gasteiger partial charge in [-0.25, -0.2) is 4.39 Å². The second-order valence-corrected chi connectivity index (χ2v) is 7.05. The summed E-state index contributed by atoms with van der Waals surface area (Å²) >= 11 is 0. The molecule has 1 aromatic carbocycles. The van der Waals surface area contributed by atoms with Crippen molar-refractivity contribution in [2.75, 3.05) is 0 Å². The van der Waals surface area contributed by atoms with Crippen LogP contribution in [0.5, 0.6) is 0 Å². The van der Waals surface area contributed by atoms with E-state index in [2.05, 4.69) is 5.16 Å². The van der Waals surface area contributed by atoms with Crippen LogP contribution < -0.4 is 0 Å². The second kappa shape index (κ2) is 5.53. The summed E-state index contributed by atoms with van der Waals surface area (Å²) in [6.45, 7) is 5.08. The number of benzene rings is 1. The molecule has 0 radical (unpaired) electrons. The van der Waals surface area contributed by atoms with E-state index >= 15 is 0 Å². The van der Waals surface area contributed by atoms with Crippen molar-refractivity contribution in [1.82, 2.24) is 5.06 Å². The zero-order chi connectivity index (χ0) is 17.7. The molecule has 0 bridgehead atoms. The van der Waals surface area contributed by atoms with Crippen LogP contribution in [0.25, 0.3) is 0 Å². The topological polar surface area (TPSA) is 82.1 Å². The summed E-state index contributed by atoms with van der Waals surface area (Å²) in [5.74, 6) is -0.349. The van der Waals surface area contributed by atoms with Crippen molar-refractivity contribution in [3.63, 3.8) is 0 Å². The maximum Gasteiger partial charge on any atom is 0.293 e. The van der Waals surface area contributed by atoms with Crippen LogP contribution in [0.4, 0.5) is 4.39 Å². The van der Waals surface area contributed by atoms with Crippen LogP contribution in [-0.2, 0) is 0 Å². The number of nitrogens with zero attached hydrogens (tertiary/aromatic N) is 3. The summed E-state index contributed by atoms with van der Waals surface area (Å²) in [4.78, 5) is 0. The van der Waals surface area contributed by atoms with Crippen LogP contribution in [0.1, 0.15) is 50.7 Å². The molecule has 2 aliphatic rings. The normalized spacial score (nSPS) is 29.0. The molecule has 6 nitrogen and oxygen atoms in total. The molecule has 1 saturated carbocycles. The van der Waals surface area contributed by atoms with Crippen molar-refractivity contribution < 1.29 is 19.5 Å². The van der Waals surface area contributed by atoms with E-state index in [-0.39, 0.29) is 11.5 Å². The van der Waals surface area contributed by atoms with Crippen molar-refractivity contribution in [2.45, 2.75) is 57.7 Å². The standard InChI is InChI=1S/C17H22FN3O3/c1-11-10-12(7-8-13(11)18)15-16(2,3)21(24)17(20(15)23)9-5-4-6-14(17)19-22/h7-8,10,22,24H,4-6,9H2,1-3H3/b19-14+. The fraction of sp³-hybridized carbons (Fsp3) is 0.529. The van der Waals surface area contributed by atoms with E-state index in [0.717, 1.165) is 22.6 Å². The monoisotopic (exact) mass is 335 g/mol. The third kappa shape index (κ3) is 2.08. The lowest BCUT2D eigenvalue weighted by Crippen LogP contribution is -2.60. The Balaban J connectivity index is 2.24. The quantitative estimate of drug-likeness (QED) is 0.358. The van der Waals surface area contributed by atoms with E-state index < -0.39 is 11.2 Å². The van der Waals surface area contributed by atoms with Crippen molar-refractivity contribution in [3.8, 4) is 0 Å². The molecular weight excluding hydrogens is 313 g/mol. The highest BCUT2D eigenvalue weighted by molar-refractivity contribution is 6.07. The van der Waals surface area contributed by atoms with Gasteiger partial charge in [-0.15, -0.1) is 5.06 Å². The van der Waals surface area contributed by atoms with Crippen molar-refractivity contribution >= 4 is 11.4 Å². The number of aryl methyl sites for hydroxylation is 1. The lowest BCUT2D eigenvalue weighted by Gasteiger charge is -2.38. The molecule has 1 aliphatic heterocycles. The fourth-order valence-corrected chi connectivity index (χ4v) is 3.93. The van der Waals surface area contributed by atoms with Gasteiger partial charge in [0.1, 0.15) is 17.1 Å². The summed E-state index contributed by atoms with van der Waals surface area (Å²) in [7, 11) is 0. The van der Waals surface area contributed by atoms with Gasteiger partial charge in [0.05, 0.1) is 0 Å². The van der Waals surface area contributed by atoms with E-state index in [1.165, 1.54) is 12.1 Å². The Bertz CT molecular complexity index is 745. The van der Waals surface area contributed by atoms with E-state index in [1.807, 2.05) is 0 Å². The van der Waals surface area contributed by atoms with E-state index in [1.54, 1.807) is 26.8 Å². The van der Waals surface area contributed by atoms with Crippen LogP contribution in [0.2, 0.25) is 0 Å². The first-order chi connectivity index (χ1) is 11.3. The van der Waals surface area contributed by atoms with Crippen LogP contribution in [0.3, 0.4) is 0 Å². The molecule has 1 atom stereocenters. The fourth-order valence-electron chi connectivity index (χ4n) is 3.93. The van der Waals surface area contributed by atoms with Gasteiger partial charge in [0.25, 0.3) is 5.66 Å². The summed E-state index contributed by atoms with van der Waals surface area (Å²) in [6.07, 6.45) is 2.34. The number of halogens is 1. The average molecular weight is 335 g/mol. The highest BCUT2D eigenvalue weighted by Crippen LogP contribution is 2.42. The number of oxime groups is 1. The highest BCUT2D eigenvalue weighted by atomic mass is 19.1. The minimum absolute atomic E-state index is 0.258. The third-order valence-corrected chi connectivity index (χ3v) is 5.20. The summed E-state index contributed by atoms with van der Waals surface area (Å²) < 4.78 is 14.3. The van der Waals surface area contributed by atoms with Gasteiger partial charge < -0.3 is 15.6 Å². The third-order valence-electron chi connectivity index (χ3n) is 5.20. The van der Waals surface area contributed by atoms with Gasteiger partial charge in [-0.1, -0.05) is 5.16 Å². The van der Waals surface area contributed by atoms with E-state index in [9.17, 15) is 20.0 Å². The van der Waals surface area contributed by atoms with Crippen molar-refractivity contribution in [2.24, 2.45) is 5.16 Å². The molecule has 1 aromatic rings. The SMILES string of the molecule is Cc1cc(C2=[N+]([O-])C3(CCCC/C3=N\O)N(O)C2(C)C)ccc1F. The largest absolute Gasteiger partial charge is 0.622 e. The molecule has 1 spiro atoms. The van der Waals surface area contributed by atoms with Crippen LogP contribution >= 0.6 is 0 Å². The Morgan fingerprint density at radius 2 is 2.04 bits per heavy atom. The predicted octanol–water partition coefficient (Wildman–Crippen LogP) is 3.02. The average Bonchev–Trinajstić information content (AvgIpc) is 2.70. The Morgan fingerprint density at radius 3 is 2.67 bits per heavy atom. The first kappa shape index (κ1) is 16.9. The van der Waals surface area contributed by atoms with Crippen molar-refractivity contribution in [1.29, 1.82) is 0 Å². The van der Waals surface area contributed by atoms with Gasteiger partial charge in [-0.2, -0.15) is 4.74 Å². The first-order valence-electron chi connectivity index (χ1n) is 8.08. The molecule has 130 valence electrons. The Morgan fingerprint density at radius 1 is 1.33 bits per heavy atom. The molecule has 0 amide bonds. The van der Waals surface area contributed by atoms with E-state index in [0.29, 0.717) is 29.7 Å². The zero-order valence-electron chi connectivity index (χ0n) is 14.1. The summed E-state index contributed by atoms with van der Waals surface area (Å²) in [6, 6.07) is 4.45. The van der Waals surface area contributed by atoms with Gasteiger partial charge in [-0.3, -0.25) is 0 Å². The second-order valence-electron chi connectivity index (χ2n) is 7.05. The molecule has 0 saturated heterocycles. The molecule has 24 heavy (non-hydrogen) atoms. The van der Waals surface area contributed by atoms with Gasteiger partial charge in [0.2, 0.25) is 5.71 Å². The molecule has 0 aromatic heterocycles. The van der Waals surface area contributed by atoms with Gasteiger partial charge in [0, 0.05) is 12.0 Å². The number of hydroxylamine groups is 3. The van der Waals surface area contributed by atoms with Gasteiger partial charge in [0.15, 0.2) is 0 Å². The van der Waals surface area contributed by atoms with Crippen LogP contribution in [0, 0.1) is 17.9 Å². The zero-order valence-corrected chi connectivity index (χ0v) is 14.1. The highest BCUT2D eigenvalue weighted by Gasteiger charge is 2.65. The van der Waals surface area contributed by atoms with Gasteiger partial charge >= 0.3 is 0 Å². The Labute approximate surface area is 140 Å². The molecule has 1 aliphatic carbocycles. The molecular formula is C17H22FN3O3. The molecule has 1 fully saturated rings. The molecule has 1 heterocycles. The molecule has 7 heteroatoms. The van der Waals surface area contributed by atoms with Crippen LogP contribution in [0.15, 0.2) is 23.4 Å². The Hall–Kier alpha value is -1.99. The molecule has 3 rings (SSSR count). The summed E-state index contributed by atoms with van der Waals surface area (Å²) in [5.41, 5.74) is -0.862. The van der Waals surface area contributed by atoms with Gasteiger partial charge in [-0.05, 0) is 63.8 Å². The minimum Gasteiger partial charge on any atom is -0.622 e. The lowest BCUT2D eigenvalue weighted by atomic mass is 9.86. The smallest absolute Gasteiger partial charge is 0.293 e. The number of hydrogen-bond donors (Lipinski definition) is 2. The maximum atomic E-state index is 13.6. The maximum absolute atomic E-state index is 13.6. The predicted molar refractivity (Wildman–Crippen MR) is 87.0 cm³/mol. The number of hydrogen-bond acceptors (Lipinski definition) is 5. The van der Waals surface area contributed by atoms with E-state index in [4.69, 9.17) is 0 Å². The Kier molecular flexibility index (Phi) is 3.88. The lowest BCUT2D eigenvalue weighted by molar-refractivity contribution is -0.568. The molecule has 1 unspecified atom stereocenters. The molecule has 2 N–H and O–H groups in total. The van der Waals surface area contributed by atoms with Crippen LogP contribution in [-0.4, -0.2) is 42.8 Å².